The lowest BCUT2D eigenvalue weighted by Gasteiger charge is -2.41. The average Bonchev–Trinajstić information content (AvgIpc) is 2.84. The molecule has 0 bridgehead atoms. The van der Waals surface area contributed by atoms with Crippen molar-refractivity contribution in [2.45, 2.75) is 31.8 Å². The summed E-state index contributed by atoms with van der Waals surface area (Å²) in [5, 5.41) is 0. The quantitative estimate of drug-likeness (QED) is 0.783. The fraction of sp³-hybridized carbons (Fsp3) is 0.700. The van der Waals surface area contributed by atoms with Crippen LogP contribution in [0.3, 0.4) is 0 Å². The Labute approximate surface area is 159 Å². The van der Waals surface area contributed by atoms with Gasteiger partial charge in [-0.2, -0.15) is 23.5 Å². The van der Waals surface area contributed by atoms with Crippen LogP contribution >= 0.6 is 23.5 Å². The number of hydrogen-bond acceptors (Lipinski definition) is 4. The molecule has 3 aliphatic rings. The number of piperidine rings is 1. The Morgan fingerprint density at radius 2 is 1.84 bits per heavy atom. The standard InChI is InChI=1S/C20H29FN2S2/c21-19-5-2-1-4-17(19)12-22-8-3-6-20(15-22)7-9-23(16-20)18-13-24-10-11-25-14-18/h1-2,4-5,18H,3,6-16H2. The van der Waals surface area contributed by atoms with E-state index in [4.69, 9.17) is 0 Å². The maximum Gasteiger partial charge on any atom is 0.127 e. The van der Waals surface area contributed by atoms with Crippen LogP contribution < -0.4 is 0 Å². The lowest BCUT2D eigenvalue weighted by Crippen LogP contribution is -2.46. The second-order valence-electron chi connectivity index (χ2n) is 7.93. The highest BCUT2D eigenvalue weighted by molar-refractivity contribution is 8.03. The summed E-state index contributed by atoms with van der Waals surface area (Å²) in [4.78, 5) is 5.28. The van der Waals surface area contributed by atoms with Gasteiger partial charge < -0.3 is 0 Å². The van der Waals surface area contributed by atoms with Crippen molar-refractivity contribution in [3.63, 3.8) is 0 Å². The minimum absolute atomic E-state index is 0.0531. The molecule has 3 fully saturated rings. The lowest BCUT2D eigenvalue weighted by atomic mass is 9.79. The van der Waals surface area contributed by atoms with E-state index in [1.54, 1.807) is 12.1 Å². The number of thioether (sulfide) groups is 2. The van der Waals surface area contributed by atoms with E-state index in [1.807, 2.05) is 12.1 Å². The third kappa shape index (κ3) is 4.37. The summed E-state index contributed by atoms with van der Waals surface area (Å²) < 4.78 is 14.0. The molecule has 0 aromatic heterocycles. The average molecular weight is 381 g/mol. The summed E-state index contributed by atoms with van der Waals surface area (Å²) in [6.45, 7) is 5.55. The van der Waals surface area contributed by atoms with Gasteiger partial charge in [0.15, 0.2) is 0 Å². The molecule has 1 unspecified atom stereocenters. The summed E-state index contributed by atoms with van der Waals surface area (Å²) >= 11 is 4.27. The van der Waals surface area contributed by atoms with Crippen molar-refractivity contribution >= 4 is 23.5 Å². The van der Waals surface area contributed by atoms with Crippen LogP contribution in [-0.4, -0.2) is 65.0 Å². The van der Waals surface area contributed by atoms with Crippen LogP contribution in [0.25, 0.3) is 0 Å². The number of rotatable bonds is 3. The van der Waals surface area contributed by atoms with Crippen molar-refractivity contribution in [2.75, 3.05) is 49.2 Å². The van der Waals surface area contributed by atoms with Gasteiger partial charge >= 0.3 is 0 Å². The molecule has 3 heterocycles. The molecule has 3 saturated heterocycles. The molecule has 0 saturated carbocycles. The zero-order valence-electron chi connectivity index (χ0n) is 15.0. The first-order chi connectivity index (χ1) is 12.2. The summed E-state index contributed by atoms with van der Waals surface area (Å²) in [5.74, 6) is 5.19. The molecule has 0 N–H and O–H groups in total. The van der Waals surface area contributed by atoms with Crippen molar-refractivity contribution in [2.24, 2.45) is 5.41 Å². The van der Waals surface area contributed by atoms with Crippen LogP contribution in [0, 0.1) is 11.2 Å². The van der Waals surface area contributed by atoms with E-state index in [9.17, 15) is 4.39 Å². The second-order valence-corrected chi connectivity index (χ2v) is 10.2. The van der Waals surface area contributed by atoms with Crippen molar-refractivity contribution in [1.29, 1.82) is 0 Å². The van der Waals surface area contributed by atoms with Crippen LogP contribution in [0.1, 0.15) is 24.8 Å². The molecule has 0 radical (unpaired) electrons. The minimum atomic E-state index is -0.0531. The minimum Gasteiger partial charge on any atom is -0.298 e. The van der Waals surface area contributed by atoms with E-state index in [0.29, 0.717) is 5.41 Å². The Morgan fingerprint density at radius 3 is 2.64 bits per heavy atom. The third-order valence-electron chi connectivity index (χ3n) is 6.07. The van der Waals surface area contributed by atoms with E-state index >= 15 is 0 Å². The van der Waals surface area contributed by atoms with E-state index in [-0.39, 0.29) is 5.82 Å². The van der Waals surface area contributed by atoms with Gasteiger partial charge in [0.25, 0.3) is 0 Å². The second kappa shape index (κ2) is 8.20. The Balaban J connectivity index is 1.38. The maximum absolute atomic E-state index is 14.0. The Morgan fingerprint density at radius 1 is 1.04 bits per heavy atom. The maximum atomic E-state index is 14.0. The van der Waals surface area contributed by atoms with Gasteiger partial charge in [-0.25, -0.2) is 4.39 Å². The number of benzene rings is 1. The van der Waals surface area contributed by atoms with E-state index in [1.165, 1.54) is 55.4 Å². The Kier molecular flexibility index (Phi) is 5.95. The van der Waals surface area contributed by atoms with Crippen LogP contribution in [-0.2, 0) is 6.54 Å². The van der Waals surface area contributed by atoms with Gasteiger partial charge in [-0.3, -0.25) is 9.80 Å². The summed E-state index contributed by atoms with van der Waals surface area (Å²) in [5.41, 5.74) is 1.30. The molecule has 1 spiro atoms. The van der Waals surface area contributed by atoms with Gasteiger partial charge in [0, 0.05) is 54.3 Å². The molecule has 0 aliphatic carbocycles. The fourth-order valence-corrected chi connectivity index (χ4v) is 7.37. The van der Waals surface area contributed by atoms with E-state index in [0.717, 1.165) is 31.2 Å². The lowest BCUT2D eigenvalue weighted by molar-refractivity contribution is 0.0835. The number of halogens is 1. The van der Waals surface area contributed by atoms with Gasteiger partial charge in [-0.1, -0.05) is 18.2 Å². The molecule has 1 aromatic rings. The van der Waals surface area contributed by atoms with Crippen LogP contribution in [0.5, 0.6) is 0 Å². The number of hydrogen-bond donors (Lipinski definition) is 0. The van der Waals surface area contributed by atoms with Crippen molar-refractivity contribution < 1.29 is 4.39 Å². The highest BCUT2D eigenvalue weighted by Gasteiger charge is 2.43. The smallest absolute Gasteiger partial charge is 0.127 e. The summed E-state index contributed by atoms with van der Waals surface area (Å²) in [6, 6.07) is 8.04. The SMILES string of the molecule is Fc1ccccc1CN1CCCC2(CCN(C3CSCCSC3)C2)C1. The first kappa shape index (κ1) is 18.1. The molecule has 1 atom stereocenters. The summed E-state index contributed by atoms with van der Waals surface area (Å²) in [6.07, 6.45) is 3.94. The zero-order valence-corrected chi connectivity index (χ0v) is 16.6. The highest BCUT2D eigenvalue weighted by atomic mass is 32.2. The molecule has 2 nitrogen and oxygen atoms in total. The molecular weight excluding hydrogens is 351 g/mol. The van der Waals surface area contributed by atoms with Crippen molar-refractivity contribution in [3.8, 4) is 0 Å². The first-order valence-electron chi connectivity index (χ1n) is 9.59. The summed E-state index contributed by atoms with van der Waals surface area (Å²) in [7, 11) is 0. The molecular formula is C20H29FN2S2. The monoisotopic (exact) mass is 380 g/mol. The molecule has 4 rings (SSSR count). The van der Waals surface area contributed by atoms with Gasteiger partial charge in [0.2, 0.25) is 0 Å². The van der Waals surface area contributed by atoms with Crippen molar-refractivity contribution in [3.05, 3.63) is 35.6 Å². The molecule has 0 amide bonds. The first-order valence-corrected chi connectivity index (χ1v) is 11.9. The predicted molar refractivity (Wildman–Crippen MR) is 108 cm³/mol. The predicted octanol–water partition coefficient (Wildman–Crippen LogP) is 3.96. The molecule has 1 aromatic carbocycles. The van der Waals surface area contributed by atoms with Crippen LogP contribution in [0.15, 0.2) is 24.3 Å². The van der Waals surface area contributed by atoms with Crippen LogP contribution in [0.4, 0.5) is 4.39 Å². The number of nitrogens with zero attached hydrogens (tertiary/aromatic N) is 2. The van der Waals surface area contributed by atoms with Gasteiger partial charge in [0.05, 0.1) is 0 Å². The van der Waals surface area contributed by atoms with E-state index in [2.05, 4.69) is 33.3 Å². The topological polar surface area (TPSA) is 6.48 Å². The number of likely N-dealkylation sites (tertiary alicyclic amines) is 2. The third-order valence-corrected chi connectivity index (χ3v) is 8.55. The highest BCUT2D eigenvalue weighted by Crippen LogP contribution is 2.41. The van der Waals surface area contributed by atoms with Crippen LogP contribution in [0.2, 0.25) is 0 Å². The Hall–Kier alpha value is -0.230. The molecule has 3 aliphatic heterocycles. The normalized spacial score (nSPS) is 30.0. The van der Waals surface area contributed by atoms with Gasteiger partial charge in [-0.05, 0) is 43.8 Å². The zero-order chi connectivity index (χ0) is 17.1. The van der Waals surface area contributed by atoms with Crippen molar-refractivity contribution in [1.82, 2.24) is 9.80 Å². The largest absolute Gasteiger partial charge is 0.298 e. The van der Waals surface area contributed by atoms with E-state index < -0.39 is 0 Å². The molecule has 138 valence electrons. The van der Waals surface area contributed by atoms with Gasteiger partial charge in [0.1, 0.15) is 5.82 Å². The fourth-order valence-electron chi connectivity index (χ4n) is 4.74. The molecule has 25 heavy (non-hydrogen) atoms. The Bertz CT molecular complexity index is 577. The molecule has 5 heteroatoms. The van der Waals surface area contributed by atoms with Gasteiger partial charge in [-0.15, -0.1) is 0 Å².